The van der Waals surface area contributed by atoms with E-state index in [1.165, 1.54) is 23.1 Å². The Morgan fingerprint density at radius 3 is 2.59 bits per heavy atom. The van der Waals surface area contributed by atoms with Gasteiger partial charge in [0.25, 0.3) is 0 Å². The summed E-state index contributed by atoms with van der Waals surface area (Å²) in [5.74, 6) is 0.485. The predicted molar refractivity (Wildman–Crippen MR) is 113 cm³/mol. The zero-order valence-corrected chi connectivity index (χ0v) is 16.9. The number of benzene rings is 1. The van der Waals surface area contributed by atoms with Gasteiger partial charge >= 0.3 is 0 Å². The number of hydrogen-bond donors (Lipinski definition) is 0. The van der Waals surface area contributed by atoms with E-state index in [2.05, 4.69) is 27.3 Å². The number of aromatic nitrogens is 3. The van der Waals surface area contributed by atoms with Gasteiger partial charge in [-0.05, 0) is 30.5 Å². The largest absolute Gasteiger partial charge is 0.292 e. The molecule has 3 heterocycles. The maximum absolute atomic E-state index is 12.1. The molecular formula is C20H15N3OS3. The number of thiazole rings is 1. The minimum Gasteiger partial charge on any atom is -0.292 e. The van der Waals surface area contributed by atoms with Gasteiger partial charge in [-0.15, -0.1) is 32.9 Å². The lowest BCUT2D eigenvalue weighted by Gasteiger charge is -2.01. The molecule has 0 aliphatic rings. The molecule has 4 nitrogen and oxygen atoms in total. The molecule has 0 saturated carbocycles. The molecule has 0 unspecified atom stereocenters. The fourth-order valence-electron chi connectivity index (χ4n) is 2.50. The molecule has 1 aromatic carbocycles. The van der Waals surface area contributed by atoms with E-state index in [-0.39, 0.29) is 5.78 Å². The molecule has 0 N–H and O–H groups in total. The topological polar surface area (TPSA) is 55.7 Å². The molecule has 0 aliphatic carbocycles. The summed E-state index contributed by atoms with van der Waals surface area (Å²) in [7, 11) is 0. The quantitative estimate of drug-likeness (QED) is 0.306. The summed E-state index contributed by atoms with van der Waals surface area (Å²) in [5.41, 5.74) is 2.85. The van der Waals surface area contributed by atoms with Crippen LogP contribution in [0.5, 0.6) is 0 Å². The number of rotatable bonds is 6. The third kappa shape index (κ3) is 4.16. The van der Waals surface area contributed by atoms with E-state index < -0.39 is 0 Å². The van der Waals surface area contributed by atoms with Crippen molar-refractivity contribution < 1.29 is 4.79 Å². The second-order valence-corrected chi connectivity index (χ2v) is 8.69. The van der Waals surface area contributed by atoms with E-state index in [4.69, 9.17) is 0 Å². The van der Waals surface area contributed by atoms with Crippen LogP contribution in [0.25, 0.3) is 21.1 Å². The molecule has 0 bridgehead atoms. The van der Waals surface area contributed by atoms with Crippen LogP contribution in [-0.4, -0.2) is 26.7 Å². The highest BCUT2D eigenvalue weighted by atomic mass is 32.2. The van der Waals surface area contributed by atoms with Crippen LogP contribution in [0.15, 0.2) is 65.0 Å². The summed E-state index contributed by atoms with van der Waals surface area (Å²) in [6.45, 7) is 1.99. The van der Waals surface area contributed by atoms with Crippen molar-refractivity contribution in [3.05, 3.63) is 70.5 Å². The van der Waals surface area contributed by atoms with Gasteiger partial charge in [-0.2, -0.15) is 0 Å². The van der Waals surface area contributed by atoms with Crippen LogP contribution in [0.3, 0.4) is 0 Å². The van der Waals surface area contributed by atoms with E-state index in [0.717, 1.165) is 36.7 Å². The number of thiophene rings is 1. The minimum atomic E-state index is 0.117. The van der Waals surface area contributed by atoms with Gasteiger partial charge in [0.1, 0.15) is 15.7 Å². The van der Waals surface area contributed by atoms with Gasteiger partial charge in [0, 0.05) is 5.56 Å². The molecule has 0 amide bonds. The standard InChI is InChI=1S/C20H15N3OS3/c1-13-19(27-20(21-13)14-6-3-2-4-7-14)15-9-10-18(23-22-15)26-12-16(24)17-8-5-11-25-17/h2-11H,12H2,1H3. The van der Waals surface area contributed by atoms with Gasteiger partial charge in [0.05, 0.1) is 21.2 Å². The molecule has 7 heteroatoms. The highest BCUT2D eigenvalue weighted by Gasteiger charge is 2.13. The van der Waals surface area contributed by atoms with Crippen molar-refractivity contribution in [1.29, 1.82) is 0 Å². The predicted octanol–water partition coefficient (Wildman–Crippen LogP) is 5.61. The van der Waals surface area contributed by atoms with Crippen molar-refractivity contribution in [3.8, 4) is 21.1 Å². The molecule has 0 saturated heterocycles. The summed E-state index contributed by atoms with van der Waals surface area (Å²) < 4.78 is 0. The molecule has 4 aromatic rings. The van der Waals surface area contributed by atoms with Crippen LogP contribution in [0.2, 0.25) is 0 Å². The molecule has 0 spiro atoms. The van der Waals surface area contributed by atoms with Gasteiger partial charge in [-0.1, -0.05) is 48.2 Å². The number of carbonyl (C=O) groups excluding carboxylic acids is 1. The molecule has 0 atom stereocenters. The number of ketones is 1. The van der Waals surface area contributed by atoms with Crippen LogP contribution in [-0.2, 0) is 0 Å². The van der Waals surface area contributed by atoms with Crippen LogP contribution < -0.4 is 0 Å². The lowest BCUT2D eigenvalue weighted by Crippen LogP contribution is -2.00. The first kappa shape index (κ1) is 18.0. The fraction of sp³-hybridized carbons (Fsp3) is 0.100. The number of nitrogens with zero attached hydrogens (tertiary/aromatic N) is 3. The second kappa shape index (κ2) is 8.12. The van der Waals surface area contributed by atoms with E-state index in [1.54, 1.807) is 11.3 Å². The Bertz CT molecular complexity index is 1040. The number of thioether (sulfide) groups is 1. The molecule has 134 valence electrons. The number of hydrogen-bond acceptors (Lipinski definition) is 7. The molecule has 4 rings (SSSR count). The highest BCUT2D eigenvalue weighted by molar-refractivity contribution is 7.99. The number of Topliss-reactive ketones (excluding diaryl/α,β-unsaturated/α-hetero) is 1. The molecule has 0 fully saturated rings. The molecule has 0 radical (unpaired) electrons. The second-order valence-electron chi connectivity index (χ2n) is 5.75. The van der Waals surface area contributed by atoms with Crippen molar-refractivity contribution in [1.82, 2.24) is 15.2 Å². The van der Waals surface area contributed by atoms with E-state index in [0.29, 0.717) is 5.75 Å². The van der Waals surface area contributed by atoms with Crippen molar-refractivity contribution in [3.63, 3.8) is 0 Å². The van der Waals surface area contributed by atoms with Gasteiger partial charge < -0.3 is 0 Å². The first-order valence-electron chi connectivity index (χ1n) is 8.27. The van der Waals surface area contributed by atoms with Crippen LogP contribution >= 0.6 is 34.4 Å². The average molecular weight is 410 g/mol. The fourth-order valence-corrected chi connectivity index (χ4v) is 4.99. The van der Waals surface area contributed by atoms with Crippen LogP contribution in [0.1, 0.15) is 15.4 Å². The van der Waals surface area contributed by atoms with Crippen LogP contribution in [0.4, 0.5) is 0 Å². The van der Waals surface area contributed by atoms with Gasteiger partial charge in [0.15, 0.2) is 5.78 Å². The Kier molecular flexibility index (Phi) is 5.42. The van der Waals surface area contributed by atoms with Crippen molar-refractivity contribution >= 4 is 40.2 Å². The lowest BCUT2D eigenvalue weighted by atomic mass is 10.2. The number of aryl methyl sites for hydroxylation is 1. The summed E-state index contributed by atoms with van der Waals surface area (Å²) in [5, 5.41) is 12.3. The minimum absolute atomic E-state index is 0.117. The maximum Gasteiger partial charge on any atom is 0.183 e. The third-order valence-corrected chi connectivity index (χ3v) is 6.90. The van der Waals surface area contributed by atoms with Crippen LogP contribution in [0, 0.1) is 6.92 Å². The highest BCUT2D eigenvalue weighted by Crippen LogP contribution is 2.34. The molecular weight excluding hydrogens is 394 g/mol. The molecule has 27 heavy (non-hydrogen) atoms. The summed E-state index contributed by atoms with van der Waals surface area (Å²) >= 11 is 4.49. The van der Waals surface area contributed by atoms with E-state index >= 15 is 0 Å². The zero-order valence-electron chi connectivity index (χ0n) is 14.5. The normalized spacial score (nSPS) is 10.9. The smallest absolute Gasteiger partial charge is 0.183 e. The first-order valence-corrected chi connectivity index (χ1v) is 11.0. The summed E-state index contributed by atoms with van der Waals surface area (Å²) in [6, 6.07) is 17.7. The number of carbonyl (C=O) groups is 1. The van der Waals surface area contributed by atoms with E-state index in [9.17, 15) is 4.79 Å². The summed E-state index contributed by atoms with van der Waals surface area (Å²) in [6.07, 6.45) is 0. The molecule has 0 aliphatic heterocycles. The zero-order chi connectivity index (χ0) is 18.6. The van der Waals surface area contributed by atoms with E-state index in [1.807, 2.05) is 54.8 Å². The molecule has 3 aromatic heterocycles. The van der Waals surface area contributed by atoms with Crippen molar-refractivity contribution in [2.75, 3.05) is 5.75 Å². The monoisotopic (exact) mass is 409 g/mol. The Hall–Kier alpha value is -2.35. The Labute approximate surface area is 169 Å². The van der Waals surface area contributed by atoms with Crippen molar-refractivity contribution in [2.24, 2.45) is 0 Å². The first-order chi connectivity index (χ1) is 13.2. The van der Waals surface area contributed by atoms with Gasteiger partial charge in [-0.25, -0.2) is 4.98 Å². The summed E-state index contributed by atoms with van der Waals surface area (Å²) in [4.78, 5) is 18.6. The van der Waals surface area contributed by atoms with Gasteiger partial charge in [0.2, 0.25) is 0 Å². The maximum atomic E-state index is 12.1. The Morgan fingerprint density at radius 2 is 1.89 bits per heavy atom. The van der Waals surface area contributed by atoms with Gasteiger partial charge in [-0.3, -0.25) is 4.79 Å². The average Bonchev–Trinajstić information content (AvgIpc) is 3.37. The lowest BCUT2D eigenvalue weighted by molar-refractivity contribution is 0.102. The van der Waals surface area contributed by atoms with Crippen molar-refractivity contribution in [2.45, 2.75) is 11.9 Å². The Morgan fingerprint density at radius 1 is 1.04 bits per heavy atom. The Balaban J connectivity index is 1.48. The third-order valence-electron chi connectivity index (χ3n) is 3.84. The SMILES string of the molecule is Cc1nc(-c2ccccc2)sc1-c1ccc(SCC(=O)c2cccs2)nn1.